The van der Waals surface area contributed by atoms with Crippen molar-refractivity contribution in [3.63, 3.8) is 0 Å². The van der Waals surface area contributed by atoms with E-state index in [0.717, 1.165) is 43.0 Å². The van der Waals surface area contributed by atoms with Crippen LogP contribution in [0.25, 0.3) is 10.9 Å². The second kappa shape index (κ2) is 8.04. The molecule has 4 rings (SSSR count). The molecule has 0 amide bonds. The Hall–Kier alpha value is -2.84. The summed E-state index contributed by atoms with van der Waals surface area (Å²) in [5, 5.41) is 15.7. The molecule has 6 nitrogen and oxygen atoms in total. The molecule has 0 aliphatic heterocycles. The predicted octanol–water partition coefficient (Wildman–Crippen LogP) is 6.95. The van der Waals surface area contributed by atoms with E-state index < -0.39 is 0 Å². The van der Waals surface area contributed by atoms with E-state index in [1.54, 1.807) is 0 Å². The van der Waals surface area contributed by atoms with Crippen LogP contribution in [0.3, 0.4) is 0 Å². The van der Waals surface area contributed by atoms with Crippen LogP contribution in [0.1, 0.15) is 18.2 Å². The number of nitrogens with one attached hydrogen (secondary N) is 2. The second-order valence-electron chi connectivity index (χ2n) is 6.14. The first-order chi connectivity index (χ1) is 13.6. The summed E-state index contributed by atoms with van der Waals surface area (Å²) >= 11 is 4.83. The van der Waals surface area contributed by atoms with Crippen molar-refractivity contribution in [2.75, 3.05) is 5.43 Å². The van der Waals surface area contributed by atoms with Crippen LogP contribution < -0.4 is 5.43 Å². The molecule has 0 fully saturated rings. The highest BCUT2D eigenvalue weighted by molar-refractivity contribution is 9.10. The first kappa shape index (κ1) is 18.5. The van der Waals surface area contributed by atoms with Crippen molar-refractivity contribution < 1.29 is 0 Å². The Morgan fingerprint density at radius 3 is 2.71 bits per heavy atom. The number of fused-ring (bicyclic) bond motifs is 1. The van der Waals surface area contributed by atoms with Crippen LogP contribution in [0.15, 0.2) is 74.5 Å². The number of nitrogens with zero attached hydrogens (tertiary/aromatic N) is 4. The smallest absolute Gasteiger partial charge is 0.205 e. The zero-order valence-electron chi connectivity index (χ0n) is 15.3. The number of thiazole rings is 1. The molecule has 4 aromatic rings. The maximum Gasteiger partial charge on any atom is 0.205 e. The highest BCUT2D eigenvalue weighted by Crippen LogP contribution is 2.32. The minimum atomic E-state index is 0.682. The maximum atomic E-state index is 4.49. The van der Waals surface area contributed by atoms with E-state index in [4.69, 9.17) is 0 Å². The zero-order chi connectivity index (χ0) is 19.5. The maximum absolute atomic E-state index is 4.49. The zero-order valence-corrected chi connectivity index (χ0v) is 17.7. The lowest BCUT2D eigenvalue weighted by atomic mass is 10.1. The van der Waals surface area contributed by atoms with Gasteiger partial charge in [-0.05, 0) is 44.2 Å². The van der Waals surface area contributed by atoms with Gasteiger partial charge in [0, 0.05) is 27.1 Å². The third-order valence-corrected chi connectivity index (χ3v) is 5.63. The van der Waals surface area contributed by atoms with Crippen molar-refractivity contribution in [1.82, 2.24) is 9.97 Å². The summed E-state index contributed by atoms with van der Waals surface area (Å²) in [6.07, 6.45) is 1.97. The Kier molecular flexibility index (Phi) is 5.31. The first-order valence-electron chi connectivity index (χ1n) is 8.61. The Morgan fingerprint density at radius 2 is 1.89 bits per heavy atom. The van der Waals surface area contributed by atoms with Crippen LogP contribution in [0.5, 0.6) is 0 Å². The van der Waals surface area contributed by atoms with Crippen LogP contribution in [-0.4, -0.2) is 15.7 Å². The molecule has 2 heterocycles. The average molecular weight is 453 g/mol. The van der Waals surface area contributed by atoms with Crippen LogP contribution in [0.2, 0.25) is 0 Å². The number of rotatable bonds is 5. The average Bonchev–Trinajstić information content (AvgIpc) is 3.29. The van der Waals surface area contributed by atoms with Crippen molar-refractivity contribution in [3.05, 3.63) is 70.5 Å². The Balaban J connectivity index is 1.50. The van der Waals surface area contributed by atoms with Crippen molar-refractivity contribution in [2.45, 2.75) is 13.8 Å². The fraction of sp³-hybridized carbons (Fsp3) is 0.100. The molecule has 0 aliphatic rings. The molecule has 0 spiro atoms. The van der Waals surface area contributed by atoms with Crippen molar-refractivity contribution in [1.29, 1.82) is 0 Å². The standard InChI is InChI=1S/C20H17BrN6S/c1-12(17-11-22-18-6-4-3-5-16(17)18)24-27-20-23-13(2)19(28-20)26-25-15-9-7-14(21)8-10-15/h3-11,22H,1-2H3,(H,23,27)/b24-12+,26-25?. The van der Waals surface area contributed by atoms with Crippen molar-refractivity contribution in [2.24, 2.45) is 15.3 Å². The summed E-state index contributed by atoms with van der Waals surface area (Å²) < 4.78 is 1.01. The minimum absolute atomic E-state index is 0.682. The number of H-pyrrole nitrogens is 1. The molecule has 2 N–H and O–H groups in total. The predicted molar refractivity (Wildman–Crippen MR) is 119 cm³/mol. The number of hydrogen-bond acceptors (Lipinski definition) is 6. The third-order valence-electron chi connectivity index (χ3n) is 4.15. The lowest BCUT2D eigenvalue weighted by Gasteiger charge is -1.99. The van der Waals surface area contributed by atoms with Crippen LogP contribution in [0, 0.1) is 6.92 Å². The second-order valence-corrected chi connectivity index (χ2v) is 8.04. The molecule has 0 bridgehead atoms. The highest BCUT2D eigenvalue weighted by atomic mass is 79.9. The Labute approximate surface area is 174 Å². The van der Waals surface area contributed by atoms with Gasteiger partial charge in [0.05, 0.1) is 17.1 Å². The molecule has 0 atom stereocenters. The molecule has 140 valence electrons. The number of anilines is 1. The summed E-state index contributed by atoms with van der Waals surface area (Å²) in [6, 6.07) is 15.8. The number of aromatic amines is 1. The first-order valence-corrected chi connectivity index (χ1v) is 10.2. The van der Waals surface area contributed by atoms with Gasteiger partial charge in [0.25, 0.3) is 0 Å². The van der Waals surface area contributed by atoms with E-state index in [1.807, 2.05) is 62.5 Å². The Morgan fingerprint density at radius 1 is 1.11 bits per heavy atom. The number of hydrazone groups is 1. The summed E-state index contributed by atoms with van der Waals surface area (Å²) in [6.45, 7) is 3.88. The molecule has 0 unspecified atom stereocenters. The van der Waals surface area contributed by atoms with E-state index >= 15 is 0 Å². The van der Waals surface area contributed by atoms with Gasteiger partial charge in [-0.25, -0.2) is 4.98 Å². The van der Waals surface area contributed by atoms with E-state index in [0.29, 0.717) is 5.13 Å². The molecule has 2 aromatic heterocycles. The number of hydrogen-bond donors (Lipinski definition) is 2. The van der Waals surface area contributed by atoms with E-state index in [-0.39, 0.29) is 0 Å². The topological polar surface area (TPSA) is 77.8 Å². The molecular weight excluding hydrogens is 436 g/mol. The van der Waals surface area contributed by atoms with E-state index in [2.05, 4.69) is 52.7 Å². The quantitative estimate of drug-likeness (QED) is 0.195. The molecule has 28 heavy (non-hydrogen) atoms. The number of halogens is 1. The fourth-order valence-electron chi connectivity index (χ4n) is 2.70. The Bertz CT molecular complexity index is 1170. The summed E-state index contributed by atoms with van der Waals surface area (Å²) in [5.41, 5.74) is 7.67. The van der Waals surface area contributed by atoms with Gasteiger partial charge in [-0.15, -0.1) is 10.2 Å². The molecule has 2 aromatic carbocycles. The third kappa shape index (κ3) is 4.02. The van der Waals surface area contributed by atoms with Crippen molar-refractivity contribution >= 4 is 59.7 Å². The van der Waals surface area contributed by atoms with Gasteiger partial charge in [-0.2, -0.15) is 5.10 Å². The minimum Gasteiger partial charge on any atom is -0.360 e. The van der Waals surface area contributed by atoms with Crippen LogP contribution in [0.4, 0.5) is 15.8 Å². The number of azo groups is 1. The van der Waals surface area contributed by atoms with E-state index in [1.165, 1.54) is 11.3 Å². The number of aryl methyl sites for hydroxylation is 1. The molecule has 0 radical (unpaired) electrons. The van der Waals surface area contributed by atoms with Gasteiger partial charge in [-0.1, -0.05) is 45.5 Å². The monoisotopic (exact) mass is 452 g/mol. The number of aromatic nitrogens is 2. The molecule has 8 heteroatoms. The van der Waals surface area contributed by atoms with Crippen molar-refractivity contribution in [3.8, 4) is 0 Å². The summed E-state index contributed by atoms with van der Waals surface area (Å²) in [4.78, 5) is 7.75. The van der Waals surface area contributed by atoms with Gasteiger partial charge < -0.3 is 4.98 Å². The van der Waals surface area contributed by atoms with Gasteiger partial charge in [-0.3, -0.25) is 5.43 Å². The van der Waals surface area contributed by atoms with E-state index in [9.17, 15) is 0 Å². The normalized spacial score (nSPS) is 12.2. The SMILES string of the molecule is C/C(=N\Nc1nc(C)c(N=Nc2ccc(Br)cc2)s1)c1c[nH]c2ccccc12. The van der Waals surface area contributed by atoms with Crippen LogP contribution >= 0.6 is 27.3 Å². The largest absolute Gasteiger partial charge is 0.360 e. The summed E-state index contributed by atoms with van der Waals surface area (Å²) in [5.74, 6) is 0. The summed E-state index contributed by atoms with van der Waals surface area (Å²) in [7, 11) is 0. The number of para-hydroxylation sites is 1. The van der Waals surface area contributed by atoms with Gasteiger partial charge >= 0.3 is 0 Å². The lowest BCUT2D eigenvalue weighted by molar-refractivity contribution is 1.18. The fourth-order valence-corrected chi connectivity index (χ4v) is 3.70. The molecule has 0 aliphatic carbocycles. The van der Waals surface area contributed by atoms with Gasteiger partial charge in [0.2, 0.25) is 5.13 Å². The number of benzene rings is 2. The van der Waals surface area contributed by atoms with Gasteiger partial charge in [0.15, 0.2) is 5.00 Å². The van der Waals surface area contributed by atoms with Crippen LogP contribution in [-0.2, 0) is 0 Å². The lowest BCUT2D eigenvalue weighted by Crippen LogP contribution is -1.98. The highest BCUT2D eigenvalue weighted by Gasteiger charge is 2.09. The molecule has 0 saturated heterocycles. The molecular formula is C20H17BrN6S. The molecule has 0 saturated carbocycles. The van der Waals surface area contributed by atoms with Gasteiger partial charge in [0.1, 0.15) is 0 Å².